The summed E-state index contributed by atoms with van der Waals surface area (Å²) >= 11 is 0. The van der Waals surface area contributed by atoms with Crippen LogP contribution in [0, 0.1) is 11.8 Å². The predicted octanol–water partition coefficient (Wildman–Crippen LogP) is 4.92. The van der Waals surface area contributed by atoms with Gasteiger partial charge in [0, 0.05) is 11.5 Å². The lowest BCUT2D eigenvalue weighted by Gasteiger charge is -2.14. The van der Waals surface area contributed by atoms with Crippen molar-refractivity contribution in [2.75, 3.05) is 5.32 Å². The molecule has 0 bridgehead atoms. The Morgan fingerprint density at radius 3 is 2.29 bits per heavy atom. The van der Waals surface area contributed by atoms with Gasteiger partial charge in [0.2, 0.25) is 0 Å². The van der Waals surface area contributed by atoms with Crippen LogP contribution < -0.4 is 5.32 Å². The van der Waals surface area contributed by atoms with E-state index in [9.17, 15) is 9.70 Å². The Kier molecular flexibility index (Phi) is 5.40. The minimum atomic E-state index is -1.12. The van der Waals surface area contributed by atoms with Crippen molar-refractivity contribution < 1.29 is 4.79 Å². The quantitative estimate of drug-likeness (QED) is 0.642. The van der Waals surface area contributed by atoms with Gasteiger partial charge in [-0.1, -0.05) is 74.0 Å². The molecule has 0 aliphatic rings. The molecule has 0 saturated heterocycles. The Bertz CT molecular complexity index is 970. The summed E-state index contributed by atoms with van der Waals surface area (Å²) in [6, 6.07) is 17.4. The van der Waals surface area contributed by atoms with Gasteiger partial charge in [0.1, 0.15) is 5.82 Å². The van der Waals surface area contributed by atoms with Crippen LogP contribution in [-0.2, 0) is 10.2 Å². The Morgan fingerprint density at radius 1 is 1.07 bits per heavy atom. The number of nitroso groups, excluding NO2 is 1. The van der Waals surface area contributed by atoms with Gasteiger partial charge in [-0.05, 0) is 24.6 Å². The first-order valence-corrected chi connectivity index (χ1v) is 9.15. The van der Waals surface area contributed by atoms with Crippen molar-refractivity contribution in [3.63, 3.8) is 0 Å². The van der Waals surface area contributed by atoms with Gasteiger partial charge in [0.15, 0.2) is 6.04 Å². The zero-order valence-electron chi connectivity index (χ0n) is 16.5. The summed E-state index contributed by atoms with van der Waals surface area (Å²) in [6.45, 7) is 8.18. The molecule has 28 heavy (non-hydrogen) atoms. The van der Waals surface area contributed by atoms with E-state index in [4.69, 9.17) is 0 Å². The fraction of sp³-hybridized carbons (Fsp3) is 0.273. The molecule has 0 aliphatic heterocycles. The second-order valence-corrected chi connectivity index (χ2v) is 7.82. The van der Waals surface area contributed by atoms with Gasteiger partial charge >= 0.3 is 0 Å². The van der Waals surface area contributed by atoms with Crippen molar-refractivity contribution in [1.82, 2.24) is 9.78 Å². The fourth-order valence-electron chi connectivity index (χ4n) is 2.81. The van der Waals surface area contributed by atoms with E-state index >= 15 is 0 Å². The third-order valence-electron chi connectivity index (χ3n) is 4.48. The highest BCUT2D eigenvalue weighted by Crippen LogP contribution is 2.27. The van der Waals surface area contributed by atoms with Gasteiger partial charge in [-0.25, -0.2) is 4.68 Å². The summed E-state index contributed by atoms with van der Waals surface area (Å²) in [5.74, 6) is 0.0123. The number of nitrogens with one attached hydrogen (secondary N) is 1. The van der Waals surface area contributed by atoms with E-state index in [1.165, 1.54) is 0 Å². The molecule has 3 aromatic rings. The van der Waals surface area contributed by atoms with Gasteiger partial charge in [-0.2, -0.15) is 5.10 Å². The van der Waals surface area contributed by atoms with E-state index in [-0.39, 0.29) is 5.41 Å². The van der Waals surface area contributed by atoms with Crippen molar-refractivity contribution >= 4 is 11.7 Å². The number of benzene rings is 2. The lowest BCUT2D eigenvalue weighted by molar-refractivity contribution is -0.117. The molecule has 0 radical (unpaired) electrons. The number of nitrogens with zero attached hydrogens (tertiary/aromatic N) is 3. The number of hydrogen-bond donors (Lipinski definition) is 1. The molecular formula is C22H24N4O2. The highest BCUT2D eigenvalue weighted by atomic mass is 16.3. The summed E-state index contributed by atoms with van der Waals surface area (Å²) < 4.78 is 1.69. The van der Waals surface area contributed by atoms with Crippen molar-refractivity contribution in [1.29, 1.82) is 0 Å². The number of rotatable bonds is 5. The smallest absolute Gasteiger partial charge is 0.258 e. The molecule has 6 heteroatoms. The molecule has 0 fully saturated rings. The molecule has 144 valence electrons. The van der Waals surface area contributed by atoms with E-state index in [1.807, 2.05) is 43.3 Å². The molecule has 0 aliphatic carbocycles. The van der Waals surface area contributed by atoms with Crippen LogP contribution in [0.15, 0.2) is 65.8 Å². The molecule has 0 saturated carbocycles. The Labute approximate surface area is 164 Å². The number of aromatic nitrogens is 2. The van der Waals surface area contributed by atoms with E-state index < -0.39 is 11.9 Å². The largest absolute Gasteiger partial charge is 0.308 e. The van der Waals surface area contributed by atoms with Crippen LogP contribution in [0.1, 0.15) is 43.6 Å². The zero-order valence-corrected chi connectivity index (χ0v) is 16.5. The van der Waals surface area contributed by atoms with Crippen LogP contribution in [0.25, 0.3) is 5.69 Å². The van der Waals surface area contributed by atoms with Crippen molar-refractivity contribution in [2.45, 2.75) is 39.2 Å². The van der Waals surface area contributed by atoms with Crippen LogP contribution in [0.2, 0.25) is 0 Å². The molecular weight excluding hydrogens is 352 g/mol. The van der Waals surface area contributed by atoms with Gasteiger partial charge in [0.25, 0.3) is 5.91 Å². The normalized spacial score (nSPS) is 12.4. The third-order valence-corrected chi connectivity index (χ3v) is 4.48. The number of aryl methyl sites for hydroxylation is 1. The minimum Gasteiger partial charge on any atom is -0.308 e. The second kappa shape index (κ2) is 7.76. The van der Waals surface area contributed by atoms with Crippen molar-refractivity contribution in [3.05, 3.63) is 82.4 Å². The summed E-state index contributed by atoms with van der Waals surface area (Å²) in [7, 11) is 0. The number of hydrogen-bond acceptors (Lipinski definition) is 4. The summed E-state index contributed by atoms with van der Waals surface area (Å²) in [6.07, 6.45) is 0. The summed E-state index contributed by atoms with van der Waals surface area (Å²) in [5, 5.41) is 10.6. The fourth-order valence-corrected chi connectivity index (χ4v) is 2.81. The zero-order chi connectivity index (χ0) is 20.3. The Morgan fingerprint density at radius 2 is 1.71 bits per heavy atom. The Balaban J connectivity index is 1.98. The highest BCUT2D eigenvalue weighted by molar-refractivity contribution is 5.95. The molecule has 1 atom stereocenters. The maximum absolute atomic E-state index is 12.8. The molecule has 2 aromatic carbocycles. The van der Waals surface area contributed by atoms with E-state index in [2.05, 4.69) is 36.4 Å². The average Bonchev–Trinajstić information content (AvgIpc) is 3.08. The topological polar surface area (TPSA) is 76.3 Å². The molecule has 3 rings (SSSR count). The Hall–Kier alpha value is -3.28. The van der Waals surface area contributed by atoms with Gasteiger partial charge in [-0.3, -0.25) is 4.79 Å². The first-order valence-electron chi connectivity index (χ1n) is 9.15. The first kappa shape index (κ1) is 19.5. The van der Waals surface area contributed by atoms with Gasteiger partial charge in [-0.15, -0.1) is 4.91 Å². The maximum Gasteiger partial charge on any atom is 0.258 e. The first-order chi connectivity index (χ1) is 13.3. The molecule has 1 N–H and O–H groups in total. The average molecular weight is 376 g/mol. The molecule has 1 unspecified atom stereocenters. The van der Waals surface area contributed by atoms with Crippen LogP contribution in [0.3, 0.4) is 0 Å². The predicted molar refractivity (Wildman–Crippen MR) is 111 cm³/mol. The van der Waals surface area contributed by atoms with E-state index in [1.54, 1.807) is 28.9 Å². The summed E-state index contributed by atoms with van der Waals surface area (Å²) in [4.78, 5) is 24.2. The standard InChI is InChI=1S/C22H24N4O2/c1-15-10-12-17(13-11-15)26-19(14-18(24-26)22(2,3)4)23-21(27)20(25-28)16-8-6-5-7-9-16/h5-14,20H,1-4H3,(H,23,27). The minimum absolute atomic E-state index is 0.197. The lowest BCUT2D eigenvalue weighted by Crippen LogP contribution is -2.21. The van der Waals surface area contributed by atoms with Gasteiger partial charge in [0.05, 0.1) is 11.4 Å². The second-order valence-electron chi connectivity index (χ2n) is 7.82. The summed E-state index contributed by atoms with van der Waals surface area (Å²) in [5.41, 5.74) is 3.14. The van der Waals surface area contributed by atoms with Crippen molar-refractivity contribution in [3.8, 4) is 5.69 Å². The van der Waals surface area contributed by atoms with E-state index in [0.717, 1.165) is 16.9 Å². The van der Waals surface area contributed by atoms with Gasteiger partial charge < -0.3 is 5.32 Å². The monoisotopic (exact) mass is 376 g/mol. The molecule has 1 aromatic heterocycles. The van der Waals surface area contributed by atoms with Crippen LogP contribution in [0.4, 0.5) is 5.82 Å². The highest BCUT2D eigenvalue weighted by Gasteiger charge is 2.25. The molecule has 6 nitrogen and oxygen atoms in total. The number of carbonyl (C=O) groups is 1. The SMILES string of the molecule is Cc1ccc(-n2nc(C(C)(C)C)cc2NC(=O)C(N=O)c2ccccc2)cc1. The number of amides is 1. The molecule has 1 amide bonds. The van der Waals surface area contributed by atoms with Crippen molar-refractivity contribution in [2.24, 2.45) is 5.18 Å². The maximum atomic E-state index is 12.8. The van der Waals surface area contributed by atoms with Crippen LogP contribution >= 0.6 is 0 Å². The third kappa shape index (κ3) is 4.17. The number of carbonyl (C=O) groups excluding carboxylic acids is 1. The number of anilines is 1. The van der Waals surface area contributed by atoms with Crippen LogP contribution in [0.5, 0.6) is 0 Å². The molecule has 0 spiro atoms. The lowest BCUT2D eigenvalue weighted by atomic mass is 9.92. The molecule has 1 heterocycles. The van der Waals surface area contributed by atoms with E-state index in [0.29, 0.717) is 11.4 Å². The van der Waals surface area contributed by atoms with Crippen LogP contribution in [-0.4, -0.2) is 15.7 Å².